The second kappa shape index (κ2) is 6.23. The van der Waals surface area contributed by atoms with Crippen LogP contribution < -0.4 is 14.4 Å². The summed E-state index contributed by atoms with van der Waals surface area (Å²) in [7, 11) is 0. The maximum absolute atomic E-state index is 12.6. The fourth-order valence-corrected chi connectivity index (χ4v) is 3.15. The fraction of sp³-hybridized carbons (Fsp3) is 0.389. The minimum absolute atomic E-state index is 0.0756. The minimum Gasteiger partial charge on any atom is -0.454 e. The van der Waals surface area contributed by atoms with Crippen LogP contribution in [0.3, 0.4) is 0 Å². The van der Waals surface area contributed by atoms with Crippen LogP contribution in [0, 0.1) is 13.8 Å². The lowest BCUT2D eigenvalue weighted by Gasteiger charge is -2.34. The number of benzene rings is 1. The van der Waals surface area contributed by atoms with E-state index < -0.39 is 0 Å². The number of hydrogen-bond donors (Lipinski definition) is 0. The summed E-state index contributed by atoms with van der Waals surface area (Å²) < 4.78 is 10.7. The molecule has 25 heavy (non-hydrogen) atoms. The van der Waals surface area contributed by atoms with E-state index in [-0.39, 0.29) is 12.7 Å². The third-order valence-corrected chi connectivity index (χ3v) is 4.38. The number of carbonyl (C=O) groups is 1. The van der Waals surface area contributed by atoms with Gasteiger partial charge >= 0.3 is 0 Å². The van der Waals surface area contributed by atoms with Gasteiger partial charge in [0, 0.05) is 31.0 Å². The lowest BCUT2D eigenvalue weighted by Crippen LogP contribution is -2.50. The molecule has 2 aliphatic heterocycles. The molecule has 0 bridgehead atoms. The number of anilines is 1. The average Bonchev–Trinajstić information content (AvgIpc) is 3.03. The van der Waals surface area contributed by atoms with Gasteiger partial charge in [0.2, 0.25) is 18.6 Å². The number of rotatable bonds is 3. The van der Waals surface area contributed by atoms with Crippen LogP contribution in [-0.4, -0.2) is 47.2 Å². The Bertz CT molecular complexity index is 804. The van der Waals surface area contributed by atoms with E-state index in [9.17, 15) is 4.79 Å². The quantitative estimate of drug-likeness (QED) is 0.847. The highest BCUT2D eigenvalue weighted by atomic mass is 16.7. The highest BCUT2D eigenvalue weighted by Crippen LogP contribution is 2.33. The molecule has 1 saturated heterocycles. The predicted octanol–water partition coefficient (Wildman–Crippen LogP) is 1.67. The fourth-order valence-electron chi connectivity index (χ4n) is 3.15. The van der Waals surface area contributed by atoms with Crippen molar-refractivity contribution in [3.05, 3.63) is 41.2 Å². The van der Waals surface area contributed by atoms with Crippen LogP contribution in [0.25, 0.3) is 0 Å². The first-order valence-electron chi connectivity index (χ1n) is 8.32. The molecular weight excluding hydrogens is 320 g/mol. The molecule has 0 saturated carbocycles. The number of amides is 1. The molecule has 7 heteroatoms. The molecule has 130 valence electrons. The van der Waals surface area contributed by atoms with Gasteiger partial charge in [0.15, 0.2) is 11.5 Å². The minimum atomic E-state index is 0.0756. The van der Waals surface area contributed by atoms with Crippen LogP contribution in [0.1, 0.15) is 17.0 Å². The lowest BCUT2D eigenvalue weighted by atomic mass is 10.1. The van der Waals surface area contributed by atoms with E-state index in [0.717, 1.165) is 35.0 Å². The third-order valence-electron chi connectivity index (χ3n) is 4.38. The van der Waals surface area contributed by atoms with Gasteiger partial charge in [-0.1, -0.05) is 6.07 Å². The molecular formula is C18H20N4O3. The first-order valence-corrected chi connectivity index (χ1v) is 8.32. The Morgan fingerprint density at radius 2 is 1.80 bits per heavy atom. The van der Waals surface area contributed by atoms with Crippen molar-refractivity contribution in [1.29, 1.82) is 0 Å². The van der Waals surface area contributed by atoms with Gasteiger partial charge in [-0.2, -0.15) is 0 Å². The number of carbonyl (C=O) groups excluding carboxylic acids is 1. The van der Waals surface area contributed by atoms with Crippen molar-refractivity contribution in [2.24, 2.45) is 0 Å². The SMILES string of the molecule is Cc1cc(C)nc(N2CCN(Cc3ccc4c(c3)OCO4)C(=O)C2)n1. The molecule has 1 fully saturated rings. The largest absolute Gasteiger partial charge is 0.454 e. The molecule has 0 N–H and O–H groups in total. The van der Waals surface area contributed by atoms with Gasteiger partial charge < -0.3 is 19.3 Å². The van der Waals surface area contributed by atoms with Gasteiger partial charge in [-0.3, -0.25) is 4.79 Å². The zero-order valence-electron chi connectivity index (χ0n) is 14.4. The summed E-state index contributed by atoms with van der Waals surface area (Å²) >= 11 is 0. The first-order chi connectivity index (χ1) is 12.1. The van der Waals surface area contributed by atoms with Gasteiger partial charge in [-0.15, -0.1) is 0 Å². The van der Waals surface area contributed by atoms with Gasteiger partial charge in [0.05, 0.1) is 0 Å². The molecule has 3 heterocycles. The highest BCUT2D eigenvalue weighted by Gasteiger charge is 2.26. The van der Waals surface area contributed by atoms with Gasteiger partial charge in [-0.05, 0) is 37.6 Å². The molecule has 0 aliphatic carbocycles. The second-order valence-corrected chi connectivity index (χ2v) is 6.38. The van der Waals surface area contributed by atoms with Crippen molar-refractivity contribution in [2.45, 2.75) is 20.4 Å². The normalized spacial score (nSPS) is 16.5. The summed E-state index contributed by atoms with van der Waals surface area (Å²) in [5.41, 5.74) is 2.86. The average molecular weight is 340 g/mol. The highest BCUT2D eigenvalue weighted by molar-refractivity contribution is 5.82. The molecule has 0 unspecified atom stereocenters. The van der Waals surface area contributed by atoms with E-state index in [4.69, 9.17) is 9.47 Å². The number of fused-ring (bicyclic) bond motifs is 1. The maximum Gasteiger partial charge on any atom is 0.242 e. The summed E-state index contributed by atoms with van der Waals surface area (Å²) in [5.74, 6) is 2.21. The Morgan fingerprint density at radius 1 is 1.04 bits per heavy atom. The van der Waals surface area contributed by atoms with Crippen molar-refractivity contribution < 1.29 is 14.3 Å². The Balaban J connectivity index is 1.44. The smallest absolute Gasteiger partial charge is 0.242 e. The number of piperazine rings is 1. The molecule has 4 rings (SSSR count). The topological polar surface area (TPSA) is 67.8 Å². The van der Waals surface area contributed by atoms with Gasteiger partial charge in [0.1, 0.15) is 6.54 Å². The first kappa shape index (κ1) is 15.7. The molecule has 2 aliphatic rings. The summed E-state index contributed by atoms with van der Waals surface area (Å²) in [4.78, 5) is 25.3. The van der Waals surface area contributed by atoms with Crippen LogP contribution in [0.5, 0.6) is 11.5 Å². The van der Waals surface area contributed by atoms with Gasteiger partial charge in [0.25, 0.3) is 0 Å². The molecule has 7 nitrogen and oxygen atoms in total. The number of aromatic nitrogens is 2. The molecule has 0 radical (unpaired) electrons. The van der Waals surface area contributed by atoms with Crippen molar-refractivity contribution >= 4 is 11.9 Å². The van der Waals surface area contributed by atoms with Crippen molar-refractivity contribution in [1.82, 2.24) is 14.9 Å². The van der Waals surface area contributed by atoms with Crippen LogP contribution in [0.2, 0.25) is 0 Å². The van der Waals surface area contributed by atoms with E-state index in [1.165, 1.54) is 0 Å². The van der Waals surface area contributed by atoms with Crippen LogP contribution in [0.4, 0.5) is 5.95 Å². The number of aryl methyl sites for hydroxylation is 2. The van der Waals surface area contributed by atoms with E-state index in [1.54, 1.807) is 0 Å². The zero-order chi connectivity index (χ0) is 17.4. The van der Waals surface area contributed by atoms with Crippen LogP contribution in [-0.2, 0) is 11.3 Å². The standard InChI is InChI=1S/C18H20N4O3/c1-12-7-13(2)20-18(19-12)22-6-5-21(17(23)10-22)9-14-3-4-15-16(8-14)25-11-24-15/h3-4,7-8H,5-6,9-11H2,1-2H3. The van der Waals surface area contributed by atoms with E-state index >= 15 is 0 Å². The van der Waals surface area contributed by atoms with Crippen LogP contribution in [0.15, 0.2) is 24.3 Å². The molecule has 2 aromatic rings. The Hall–Kier alpha value is -2.83. The summed E-state index contributed by atoms with van der Waals surface area (Å²) in [5, 5.41) is 0. The monoisotopic (exact) mass is 340 g/mol. The Morgan fingerprint density at radius 3 is 2.56 bits per heavy atom. The molecule has 1 aromatic heterocycles. The number of nitrogens with zero attached hydrogens (tertiary/aromatic N) is 4. The summed E-state index contributed by atoms with van der Waals surface area (Å²) in [6, 6.07) is 7.73. The second-order valence-electron chi connectivity index (χ2n) is 6.38. The van der Waals surface area contributed by atoms with Crippen LogP contribution >= 0.6 is 0 Å². The summed E-state index contributed by atoms with van der Waals surface area (Å²) in [6.45, 7) is 6.37. The number of ether oxygens (including phenoxy) is 2. The molecule has 1 amide bonds. The third kappa shape index (κ3) is 3.22. The van der Waals surface area contributed by atoms with Gasteiger partial charge in [-0.25, -0.2) is 9.97 Å². The van der Waals surface area contributed by atoms with E-state index in [2.05, 4.69) is 9.97 Å². The molecule has 1 aromatic carbocycles. The van der Waals surface area contributed by atoms with Crippen molar-refractivity contribution in [3.8, 4) is 11.5 Å². The van der Waals surface area contributed by atoms with Crippen molar-refractivity contribution in [2.75, 3.05) is 31.3 Å². The lowest BCUT2D eigenvalue weighted by molar-refractivity contribution is -0.131. The number of hydrogen-bond acceptors (Lipinski definition) is 6. The molecule has 0 atom stereocenters. The van der Waals surface area contributed by atoms with E-state index in [0.29, 0.717) is 25.6 Å². The van der Waals surface area contributed by atoms with E-state index in [1.807, 2.05) is 47.9 Å². The molecule has 0 spiro atoms. The Labute approximate surface area is 146 Å². The zero-order valence-corrected chi connectivity index (χ0v) is 14.4. The Kier molecular flexibility index (Phi) is 3.91. The maximum atomic E-state index is 12.6. The predicted molar refractivity (Wildman–Crippen MR) is 91.7 cm³/mol. The summed E-state index contributed by atoms with van der Waals surface area (Å²) in [6.07, 6.45) is 0. The van der Waals surface area contributed by atoms with Crippen molar-refractivity contribution in [3.63, 3.8) is 0 Å².